The Bertz CT molecular complexity index is 131. The number of hydrogen-bond donors (Lipinski definition) is 0. The van der Waals surface area contributed by atoms with Gasteiger partial charge >= 0.3 is 54.7 Å². The summed E-state index contributed by atoms with van der Waals surface area (Å²) in [6, 6.07) is 0. The van der Waals surface area contributed by atoms with Crippen molar-refractivity contribution in [3.05, 3.63) is 19.2 Å². The summed E-state index contributed by atoms with van der Waals surface area (Å²) in [5, 5.41) is 0. The molecule has 0 amide bonds. The Kier molecular flexibility index (Phi) is 1.59. The van der Waals surface area contributed by atoms with Crippen molar-refractivity contribution in [2.75, 3.05) is 0 Å². The molecule has 0 fully saturated rings. The van der Waals surface area contributed by atoms with Crippen LogP contribution < -0.4 is 0 Å². The minimum atomic E-state index is -0.172. The Morgan fingerprint density at radius 1 is 1.57 bits per heavy atom. The second-order valence-corrected chi connectivity index (χ2v) is 5.47. The first kappa shape index (κ1) is 5.44. The van der Waals surface area contributed by atoms with Crippen molar-refractivity contribution >= 4 is 21.6 Å². The first-order valence-electron chi connectivity index (χ1n) is 2.33. The summed E-state index contributed by atoms with van der Waals surface area (Å²) in [5.74, 6) is 0. The van der Waals surface area contributed by atoms with Gasteiger partial charge in [0.1, 0.15) is 0 Å². The van der Waals surface area contributed by atoms with Gasteiger partial charge in [-0.15, -0.1) is 0 Å². The van der Waals surface area contributed by atoms with Crippen LogP contribution in [-0.4, -0.2) is 21.6 Å². The number of rotatable bonds is 0. The van der Waals surface area contributed by atoms with Gasteiger partial charge in [0.15, 0.2) is 0 Å². The summed E-state index contributed by atoms with van der Waals surface area (Å²) in [5.41, 5.74) is 1.40. The number of hydrogen-bond acceptors (Lipinski definition) is 0. The van der Waals surface area contributed by atoms with E-state index in [1.807, 2.05) is 0 Å². The molecule has 0 saturated heterocycles. The number of allylic oxidation sites excluding steroid dienone is 3. The molecule has 1 heterocycles. The van der Waals surface area contributed by atoms with Crippen LogP contribution in [0, 0.1) is 6.08 Å². The average molecular weight is 202 g/mol. The van der Waals surface area contributed by atoms with Gasteiger partial charge in [0, 0.05) is 0 Å². The van der Waals surface area contributed by atoms with E-state index in [0.717, 1.165) is 0 Å². The van der Waals surface area contributed by atoms with Gasteiger partial charge < -0.3 is 0 Å². The van der Waals surface area contributed by atoms with Gasteiger partial charge in [0.05, 0.1) is 0 Å². The van der Waals surface area contributed by atoms with E-state index in [1.165, 1.54) is 5.57 Å². The third kappa shape index (κ3) is 1.10. The molecule has 1 radical (unpaired) electrons. The molecule has 1 heteroatoms. The van der Waals surface area contributed by atoms with Gasteiger partial charge in [-0.2, -0.15) is 0 Å². The van der Waals surface area contributed by atoms with Crippen molar-refractivity contribution in [3.8, 4) is 0 Å². The maximum atomic E-state index is 3.20. The Balaban J connectivity index is 2.79. The summed E-state index contributed by atoms with van der Waals surface area (Å²) in [6.45, 7) is 4.36. The molecule has 1 rings (SSSR count). The van der Waals surface area contributed by atoms with Gasteiger partial charge in [0.25, 0.3) is 0 Å². The monoisotopic (exact) mass is 201 g/mol. The molecular formula is C6H8Sb. The van der Waals surface area contributed by atoms with E-state index in [0.29, 0.717) is 0 Å². The van der Waals surface area contributed by atoms with E-state index in [-0.39, 0.29) is 21.6 Å². The van der Waals surface area contributed by atoms with Crippen molar-refractivity contribution in [2.24, 2.45) is 0 Å². The van der Waals surface area contributed by atoms with Crippen LogP contribution in [0.4, 0.5) is 0 Å². The summed E-state index contributed by atoms with van der Waals surface area (Å²) < 4.78 is 3.87. The predicted octanol–water partition coefficient (Wildman–Crippen LogP) is 1.05. The predicted molar refractivity (Wildman–Crippen MR) is 33.3 cm³/mol. The van der Waals surface area contributed by atoms with Gasteiger partial charge in [-0.25, -0.2) is 0 Å². The molecule has 0 bridgehead atoms. The van der Waals surface area contributed by atoms with Gasteiger partial charge in [-0.3, -0.25) is 0 Å². The fourth-order valence-electron chi connectivity index (χ4n) is 0.469. The molecule has 0 nitrogen and oxygen atoms in total. The molecule has 1 aliphatic rings. The fraction of sp³-hybridized carbons (Fsp3) is 0.333. The van der Waals surface area contributed by atoms with Gasteiger partial charge in [-0.1, -0.05) is 0 Å². The standard InChI is InChI=1S/C6H7.Sb.H/c1-4-6(3)5-2;;/h1H,2-3H3;;. The molecule has 1 aliphatic heterocycles. The van der Waals surface area contributed by atoms with E-state index in [4.69, 9.17) is 0 Å². The van der Waals surface area contributed by atoms with E-state index < -0.39 is 0 Å². The molecule has 37 valence electrons. The van der Waals surface area contributed by atoms with Crippen LogP contribution in [0.2, 0.25) is 0 Å². The maximum absolute atomic E-state index is 3.20. The molecule has 0 atom stereocenters. The SMILES string of the molecule is CC1=[C](C)[SbH][CH]=[C]1. The van der Waals surface area contributed by atoms with Gasteiger partial charge in [-0.05, 0) is 0 Å². The molecule has 0 aromatic heterocycles. The normalized spacial score (nSPS) is 19.1. The molecular weight excluding hydrogens is 194 g/mol. The van der Waals surface area contributed by atoms with E-state index in [1.54, 1.807) is 3.52 Å². The average Bonchev–Trinajstić information content (AvgIpc) is 1.91. The van der Waals surface area contributed by atoms with Crippen LogP contribution in [0.1, 0.15) is 13.8 Å². The second kappa shape index (κ2) is 2.04. The molecule has 7 heavy (non-hydrogen) atoms. The minimum absolute atomic E-state index is 0.172. The molecule has 0 aliphatic carbocycles. The molecule has 0 aromatic rings. The molecule has 0 spiro atoms. The topological polar surface area (TPSA) is 0 Å². The third-order valence-electron chi connectivity index (χ3n) is 1.14. The summed E-state index contributed by atoms with van der Waals surface area (Å²) in [4.78, 5) is 0. The zero-order chi connectivity index (χ0) is 5.28. The van der Waals surface area contributed by atoms with Crippen molar-refractivity contribution in [1.29, 1.82) is 0 Å². The van der Waals surface area contributed by atoms with Crippen LogP contribution in [0.15, 0.2) is 13.1 Å². The Morgan fingerprint density at radius 3 is 2.43 bits per heavy atom. The summed E-state index contributed by atoms with van der Waals surface area (Å²) in [7, 11) is 0. The second-order valence-electron chi connectivity index (χ2n) is 1.68. The van der Waals surface area contributed by atoms with Gasteiger partial charge in [0.2, 0.25) is 0 Å². The molecule has 0 aromatic carbocycles. The molecule has 0 saturated carbocycles. The van der Waals surface area contributed by atoms with Crippen molar-refractivity contribution in [3.63, 3.8) is 0 Å². The quantitative estimate of drug-likeness (QED) is 0.515. The Hall–Kier alpha value is 0.298. The Morgan fingerprint density at radius 2 is 2.29 bits per heavy atom. The summed E-state index contributed by atoms with van der Waals surface area (Å²) in [6.07, 6.45) is 3.20. The van der Waals surface area contributed by atoms with Crippen molar-refractivity contribution < 1.29 is 0 Å². The zero-order valence-corrected chi connectivity index (χ0v) is 7.43. The molecule has 0 unspecified atom stereocenters. The van der Waals surface area contributed by atoms with Crippen LogP contribution in [0.25, 0.3) is 0 Å². The van der Waals surface area contributed by atoms with Crippen molar-refractivity contribution in [1.82, 2.24) is 0 Å². The van der Waals surface area contributed by atoms with Crippen LogP contribution in [0.3, 0.4) is 0 Å². The Labute approximate surface area is 54.8 Å². The third-order valence-corrected chi connectivity index (χ3v) is 4.27. The van der Waals surface area contributed by atoms with E-state index in [2.05, 4.69) is 23.9 Å². The summed E-state index contributed by atoms with van der Waals surface area (Å²) >= 11 is -0.172. The molecule has 0 N–H and O–H groups in total. The van der Waals surface area contributed by atoms with E-state index >= 15 is 0 Å². The van der Waals surface area contributed by atoms with Crippen molar-refractivity contribution in [2.45, 2.75) is 13.8 Å². The van der Waals surface area contributed by atoms with Crippen LogP contribution in [0.5, 0.6) is 0 Å². The first-order valence-corrected chi connectivity index (χ1v) is 5.40. The van der Waals surface area contributed by atoms with Crippen LogP contribution >= 0.6 is 0 Å². The fourth-order valence-corrected chi connectivity index (χ4v) is 2.73. The van der Waals surface area contributed by atoms with Crippen LogP contribution in [-0.2, 0) is 0 Å². The zero-order valence-electron chi connectivity index (χ0n) is 4.58. The van der Waals surface area contributed by atoms with E-state index in [9.17, 15) is 0 Å². The first-order chi connectivity index (χ1) is 3.30.